The molecule has 10 heteroatoms. The summed E-state index contributed by atoms with van der Waals surface area (Å²) in [4.78, 5) is 49.4. The lowest BCUT2D eigenvalue weighted by atomic mass is 9.59. The van der Waals surface area contributed by atoms with Crippen LogP contribution in [0.25, 0.3) is 16.9 Å². The van der Waals surface area contributed by atoms with Crippen molar-refractivity contribution in [2.75, 3.05) is 7.11 Å². The van der Waals surface area contributed by atoms with Crippen LogP contribution in [0.3, 0.4) is 0 Å². The van der Waals surface area contributed by atoms with Gasteiger partial charge in [-0.3, -0.25) is 19.2 Å². The molecule has 190 valence electrons. The zero-order chi connectivity index (χ0) is 26.8. The SMILES string of the molecule is COc1ccc(-c2ccc(O)c3c2CC2CC4CC(=O)C(C(N)=O)=C(O)C4(O)C(=O)C2=C3O)cc1C=O. The number of aliphatic hydroxyl groups is 3. The lowest BCUT2D eigenvalue weighted by molar-refractivity contribution is -0.147. The molecule has 0 saturated heterocycles. The van der Waals surface area contributed by atoms with E-state index in [0.29, 0.717) is 34.3 Å². The van der Waals surface area contributed by atoms with Crippen molar-refractivity contribution < 1.29 is 44.3 Å². The van der Waals surface area contributed by atoms with E-state index >= 15 is 0 Å². The molecule has 1 fully saturated rings. The maximum atomic E-state index is 13.6. The smallest absolute Gasteiger partial charge is 0.255 e. The number of ether oxygens (including phenoxy) is 1. The molecule has 0 spiro atoms. The van der Waals surface area contributed by atoms with E-state index in [1.807, 2.05) is 0 Å². The number of rotatable bonds is 4. The number of Topliss-reactive ketones (excluding diaryl/α,β-unsaturated/α-hetero) is 2. The number of hydrogen-bond acceptors (Lipinski definition) is 9. The Balaban J connectivity index is 1.70. The van der Waals surface area contributed by atoms with E-state index in [-0.39, 0.29) is 29.7 Å². The van der Waals surface area contributed by atoms with Crippen LogP contribution in [0.15, 0.2) is 47.2 Å². The molecule has 37 heavy (non-hydrogen) atoms. The summed E-state index contributed by atoms with van der Waals surface area (Å²) in [6.07, 6.45) is 0.433. The Kier molecular flexibility index (Phi) is 5.45. The normalized spacial score (nSPS) is 24.8. The third-order valence-corrected chi connectivity index (χ3v) is 7.61. The molecule has 5 rings (SSSR count). The van der Waals surface area contributed by atoms with Crippen LogP contribution in [0.5, 0.6) is 11.5 Å². The average Bonchev–Trinajstić information content (AvgIpc) is 2.85. The molecule has 0 bridgehead atoms. The van der Waals surface area contributed by atoms with Crippen molar-refractivity contribution in [3.8, 4) is 22.6 Å². The van der Waals surface area contributed by atoms with Crippen LogP contribution >= 0.6 is 0 Å². The first kappa shape index (κ1) is 24.3. The van der Waals surface area contributed by atoms with Gasteiger partial charge in [0.2, 0.25) is 5.78 Å². The number of aldehydes is 1. The first-order valence-corrected chi connectivity index (χ1v) is 11.5. The highest BCUT2D eigenvalue weighted by molar-refractivity contribution is 6.22. The quantitative estimate of drug-likeness (QED) is 0.306. The number of aromatic hydroxyl groups is 1. The van der Waals surface area contributed by atoms with E-state index in [4.69, 9.17) is 10.5 Å². The Morgan fingerprint density at radius 2 is 1.86 bits per heavy atom. The fourth-order valence-electron chi connectivity index (χ4n) is 5.89. The third-order valence-electron chi connectivity index (χ3n) is 7.61. The molecular weight excluding hydrogens is 482 g/mol. The van der Waals surface area contributed by atoms with E-state index in [1.54, 1.807) is 24.3 Å². The van der Waals surface area contributed by atoms with Gasteiger partial charge in [0.25, 0.3) is 5.91 Å². The van der Waals surface area contributed by atoms with Gasteiger partial charge in [0.1, 0.15) is 28.6 Å². The number of amides is 1. The molecular formula is C27H23NO9. The molecule has 3 atom stereocenters. The summed E-state index contributed by atoms with van der Waals surface area (Å²) in [6.45, 7) is 0. The van der Waals surface area contributed by atoms with Crippen molar-refractivity contribution in [3.05, 3.63) is 63.9 Å². The molecule has 0 radical (unpaired) electrons. The monoisotopic (exact) mass is 505 g/mol. The number of phenolic OH excluding ortho intramolecular Hbond substituents is 1. The summed E-state index contributed by atoms with van der Waals surface area (Å²) in [5, 5.41) is 43.8. The van der Waals surface area contributed by atoms with E-state index in [2.05, 4.69) is 0 Å². The summed E-state index contributed by atoms with van der Waals surface area (Å²) < 4.78 is 5.20. The molecule has 1 amide bonds. The zero-order valence-electron chi connectivity index (χ0n) is 19.6. The topological polar surface area (TPSA) is 184 Å². The molecule has 0 heterocycles. The van der Waals surface area contributed by atoms with Crippen LogP contribution < -0.4 is 10.5 Å². The minimum atomic E-state index is -2.61. The molecule has 3 aliphatic carbocycles. The van der Waals surface area contributed by atoms with E-state index in [0.717, 1.165) is 0 Å². The molecule has 6 N–H and O–H groups in total. The Morgan fingerprint density at radius 3 is 2.51 bits per heavy atom. The predicted octanol–water partition coefficient (Wildman–Crippen LogP) is 1.91. The number of hydrogen-bond donors (Lipinski definition) is 5. The number of methoxy groups -OCH3 is 1. The summed E-state index contributed by atoms with van der Waals surface area (Å²) in [5.41, 5.74) is 3.52. The molecule has 2 aromatic carbocycles. The van der Waals surface area contributed by atoms with Crippen molar-refractivity contribution in [2.45, 2.75) is 24.9 Å². The minimum absolute atomic E-state index is 0.0203. The molecule has 10 nitrogen and oxygen atoms in total. The standard InChI is InChI=1S/C27H23NO9/c1-37-19-5-2-11(6-13(19)10-29)15-3-4-17(30)21-16(15)8-12-7-14-9-18(31)22(26(28)35)25(34)27(14,36)24(33)20(12)23(21)32/h2-6,10,12,14,30,32,34,36H,7-9H2,1H3,(H2,28,35). The molecule has 2 aromatic rings. The predicted molar refractivity (Wildman–Crippen MR) is 129 cm³/mol. The number of carbonyl (C=O) groups is 4. The van der Waals surface area contributed by atoms with Gasteiger partial charge in [0.15, 0.2) is 17.7 Å². The lowest BCUT2D eigenvalue weighted by Crippen LogP contribution is -2.58. The number of aliphatic hydroxyl groups excluding tert-OH is 2. The van der Waals surface area contributed by atoms with Gasteiger partial charge in [-0.2, -0.15) is 0 Å². The van der Waals surface area contributed by atoms with Crippen LogP contribution in [0.4, 0.5) is 0 Å². The zero-order valence-corrected chi connectivity index (χ0v) is 19.6. The average molecular weight is 505 g/mol. The van der Waals surface area contributed by atoms with E-state index in [1.165, 1.54) is 13.2 Å². The Bertz CT molecular complexity index is 1480. The molecule has 1 saturated carbocycles. The minimum Gasteiger partial charge on any atom is -0.508 e. The van der Waals surface area contributed by atoms with Gasteiger partial charge in [-0.1, -0.05) is 12.1 Å². The number of phenols is 1. The summed E-state index contributed by atoms with van der Waals surface area (Å²) in [5.74, 6) is -6.45. The van der Waals surface area contributed by atoms with Gasteiger partial charge < -0.3 is 30.9 Å². The fraction of sp³-hybridized carbons (Fsp3) is 0.259. The number of benzene rings is 2. The molecule has 3 unspecified atom stereocenters. The van der Waals surface area contributed by atoms with Gasteiger partial charge in [-0.05, 0) is 53.6 Å². The third kappa shape index (κ3) is 3.29. The van der Waals surface area contributed by atoms with Crippen molar-refractivity contribution >= 4 is 29.5 Å². The Hall–Kier alpha value is -4.44. The van der Waals surface area contributed by atoms with Gasteiger partial charge in [0.05, 0.1) is 18.2 Å². The van der Waals surface area contributed by atoms with Crippen LogP contribution in [0.2, 0.25) is 0 Å². The lowest BCUT2D eigenvalue weighted by Gasteiger charge is -2.46. The Morgan fingerprint density at radius 1 is 1.14 bits per heavy atom. The van der Waals surface area contributed by atoms with Crippen LogP contribution in [-0.4, -0.2) is 56.9 Å². The fourth-order valence-corrected chi connectivity index (χ4v) is 5.89. The molecule has 0 aromatic heterocycles. The maximum absolute atomic E-state index is 13.6. The van der Waals surface area contributed by atoms with Gasteiger partial charge >= 0.3 is 0 Å². The highest BCUT2D eigenvalue weighted by Crippen LogP contribution is 2.53. The van der Waals surface area contributed by atoms with Crippen LogP contribution in [0, 0.1) is 11.8 Å². The van der Waals surface area contributed by atoms with Crippen molar-refractivity contribution in [3.63, 3.8) is 0 Å². The Labute approximate surface area is 210 Å². The summed E-state index contributed by atoms with van der Waals surface area (Å²) in [6, 6.07) is 7.90. The van der Waals surface area contributed by atoms with Gasteiger partial charge in [-0.25, -0.2) is 0 Å². The number of fused-ring (bicyclic) bond motifs is 3. The van der Waals surface area contributed by atoms with E-state index < -0.39 is 58.4 Å². The number of carbonyl (C=O) groups excluding carboxylic acids is 4. The first-order valence-electron chi connectivity index (χ1n) is 11.5. The van der Waals surface area contributed by atoms with Crippen molar-refractivity contribution in [1.82, 2.24) is 0 Å². The number of ketones is 2. The van der Waals surface area contributed by atoms with Crippen molar-refractivity contribution in [1.29, 1.82) is 0 Å². The van der Waals surface area contributed by atoms with Gasteiger partial charge in [-0.15, -0.1) is 0 Å². The highest BCUT2D eigenvalue weighted by atomic mass is 16.5. The second-order valence-electron chi connectivity index (χ2n) is 9.47. The van der Waals surface area contributed by atoms with E-state index in [9.17, 15) is 39.6 Å². The number of primary amides is 1. The largest absolute Gasteiger partial charge is 0.508 e. The maximum Gasteiger partial charge on any atom is 0.255 e. The van der Waals surface area contributed by atoms with Gasteiger partial charge in [0, 0.05) is 17.9 Å². The summed E-state index contributed by atoms with van der Waals surface area (Å²) >= 11 is 0. The van der Waals surface area contributed by atoms with Crippen LogP contribution in [-0.2, 0) is 20.8 Å². The van der Waals surface area contributed by atoms with Crippen LogP contribution in [0.1, 0.15) is 34.3 Å². The first-order chi connectivity index (χ1) is 17.5. The highest BCUT2D eigenvalue weighted by Gasteiger charge is 2.60. The molecule has 0 aliphatic heterocycles. The number of nitrogens with two attached hydrogens (primary N) is 1. The van der Waals surface area contributed by atoms with Crippen molar-refractivity contribution in [2.24, 2.45) is 17.6 Å². The molecule has 3 aliphatic rings. The second kappa shape index (κ2) is 8.31. The second-order valence-corrected chi connectivity index (χ2v) is 9.47. The summed E-state index contributed by atoms with van der Waals surface area (Å²) in [7, 11) is 1.44.